The van der Waals surface area contributed by atoms with Gasteiger partial charge in [-0.05, 0) is 67.2 Å². The highest BCUT2D eigenvalue weighted by Crippen LogP contribution is 2.39. The zero-order chi connectivity index (χ0) is 24.0. The third-order valence-corrected chi connectivity index (χ3v) is 6.64. The number of anilines is 1. The second-order valence-corrected chi connectivity index (χ2v) is 8.86. The molecule has 0 spiro atoms. The summed E-state index contributed by atoms with van der Waals surface area (Å²) in [4.78, 5) is 6.96. The lowest BCUT2D eigenvalue weighted by Gasteiger charge is -2.29. The molecule has 1 saturated heterocycles. The third kappa shape index (κ3) is 5.00. The van der Waals surface area contributed by atoms with Crippen LogP contribution in [-0.4, -0.2) is 39.8 Å². The molecule has 1 fully saturated rings. The van der Waals surface area contributed by atoms with Crippen molar-refractivity contribution in [1.82, 2.24) is 19.8 Å². The van der Waals surface area contributed by atoms with Crippen LogP contribution in [0.4, 0.5) is 5.69 Å². The number of aromatic nitrogens is 2. The molecule has 1 aliphatic rings. The summed E-state index contributed by atoms with van der Waals surface area (Å²) in [5, 5.41) is 7.81. The van der Waals surface area contributed by atoms with Crippen LogP contribution < -0.4 is 15.4 Å². The molecule has 5 rings (SSSR count). The molecule has 3 heterocycles. The number of benzene rings is 2. The van der Waals surface area contributed by atoms with Crippen LogP contribution in [0.15, 0.2) is 97.3 Å². The van der Waals surface area contributed by atoms with Crippen LogP contribution >= 0.6 is 12.2 Å². The summed E-state index contributed by atoms with van der Waals surface area (Å²) in [6.45, 7) is 1.68. The summed E-state index contributed by atoms with van der Waals surface area (Å²) in [5.41, 5.74) is 4.30. The maximum Gasteiger partial charge on any atom is 0.170 e. The second-order valence-electron chi connectivity index (χ2n) is 8.47. The Morgan fingerprint density at radius 1 is 1.00 bits per heavy atom. The molecule has 0 unspecified atom stereocenters. The van der Waals surface area contributed by atoms with E-state index in [1.54, 1.807) is 7.11 Å². The molecule has 178 valence electrons. The molecule has 0 saturated carbocycles. The van der Waals surface area contributed by atoms with E-state index in [4.69, 9.17) is 17.0 Å². The van der Waals surface area contributed by atoms with Crippen LogP contribution in [0.5, 0.6) is 5.75 Å². The Hall–Kier alpha value is -3.84. The maximum atomic E-state index is 5.85. The minimum atomic E-state index is -0.0509. The number of hydrogen-bond donors (Lipinski definition) is 2. The van der Waals surface area contributed by atoms with Gasteiger partial charge in [0.05, 0.1) is 24.9 Å². The van der Waals surface area contributed by atoms with Crippen molar-refractivity contribution in [2.75, 3.05) is 25.5 Å². The van der Waals surface area contributed by atoms with E-state index in [0.717, 1.165) is 53.1 Å². The molecule has 6 nitrogen and oxygen atoms in total. The number of nitrogens with zero attached hydrogens (tertiary/aromatic N) is 3. The van der Waals surface area contributed by atoms with Crippen molar-refractivity contribution in [2.24, 2.45) is 0 Å². The number of pyridine rings is 1. The van der Waals surface area contributed by atoms with Gasteiger partial charge in [-0.15, -0.1) is 0 Å². The standard InChI is InChI=1S/C28H29N5OS/c1-34-23-13-7-12-22(20-23)32-18-8-15-25(32)27-26(24-14-5-6-16-30-24)31-28(35)33(27)19-9-17-29-21-10-3-2-4-11-21/h2-8,10-16,18,20,26-27,29H,9,17,19H2,1H3,(H,31,35)/t26-,27-/m0/s1. The lowest BCUT2D eigenvalue weighted by molar-refractivity contribution is 0.307. The Balaban J connectivity index is 1.43. The van der Waals surface area contributed by atoms with Gasteiger partial charge < -0.3 is 24.8 Å². The Labute approximate surface area is 211 Å². The predicted molar refractivity (Wildman–Crippen MR) is 144 cm³/mol. The van der Waals surface area contributed by atoms with Gasteiger partial charge in [0, 0.05) is 48.6 Å². The first kappa shape index (κ1) is 22.9. The zero-order valence-corrected chi connectivity index (χ0v) is 20.5. The first-order valence-corrected chi connectivity index (χ1v) is 12.2. The number of hydrogen-bond acceptors (Lipinski definition) is 4. The molecule has 2 aromatic carbocycles. The highest BCUT2D eigenvalue weighted by atomic mass is 32.1. The average molecular weight is 484 g/mol. The van der Waals surface area contributed by atoms with Gasteiger partial charge in [-0.3, -0.25) is 4.98 Å². The van der Waals surface area contributed by atoms with Gasteiger partial charge in [-0.2, -0.15) is 0 Å². The van der Waals surface area contributed by atoms with E-state index in [0.29, 0.717) is 0 Å². The third-order valence-electron chi connectivity index (χ3n) is 6.29. The van der Waals surface area contributed by atoms with Gasteiger partial charge in [-0.1, -0.05) is 30.3 Å². The van der Waals surface area contributed by atoms with Gasteiger partial charge in [0.1, 0.15) is 5.75 Å². The molecular weight excluding hydrogens is 454 g/mol. The molecule has 2 N–H and O–H groups in total. The molecule has 4 aromatic rings. The molecule has 0 radical (unpaired) electrons. The van der Waals surface area contributed by atoms with E-state index in [-0.39, 0.29) is 12.1 Å². The van der Waals surface area contributed by atoms with Crippen molar-refractivity contribution in [3.05, 3.63) is 109 Å². The fourth-order valence-corrected chi connectivity index (χ4v) is 4.97. The first-order chi connectivity index (χ1) is 17.2. The van der Waals surface area contributed by atoms with Crippen LogP contribution in [0, 0.1) is 0 Å². The lowest BCUT2D eigenvalue weighted by atomic mass is 10.0. The fraction of sp³-hybridized carbons (Fsp3) is 0.214. The number of methoxy groups -OCH3 is 1. The van der Waals surface area contributed by atoms with Crippen LogP contribution in [-0.2, 0) is 0 Å². The van der Waals surface area contributed by atoms with Crippen LogP contribution in [0.1, 0.15) is 29.9 Å². The summed E-state index contributed by atoms with van der Waals surface area (Å²) in [6.07, 6.45) is 4.88. The summed E-state index contributed by atoms with van der Waals surface area (Å²) in [7, 11) is 1.69. The first-order valence-electron chi connectivity index (χ1n) is 11.8. The average Bonchev–Trinajstić information content (AvgIpc) is 3.52. The summed E-state index contributed by atoms with van der Waals surface area (Å²) >= 11 is 5.85. The Morgan fingerprint density at radius 3 is 2.66 bits per heavy atom. The number of nitrogens with one attached hydrogen (secondary N) is 2. The van der Waals surface area contributed by atoms with E-state index >= 15 is 0 Å². The molecule has 2 atom stereocenters. The van der Waals surface area contributed by atoms with Crippen LogP contribution in [0.3, 0.4) is 0 Å². The van der Waals surface area contributed by atoms with E-state index in [2.05, 4.69) is 67.7 Å². The minimum Gasteiger partial charge on any atom is -0.497 e. The molecule has 0 bridgehead atoms. The second kappa shape index (κ2) is 10.6. The SMILES string of the molecule is COc1cccc(-n2cccc2[C@H]2[C@H](c3ccccn3)NC(=S)N2CCCNc2ccccc2)c1. The molecule has 0 aliphatic carbocycles. The van der Waals surface area contributed by atoms with Crippen molar-refractivity contribution < 1.29 is 4.74 Å². The van der Waals surface area contributed by atoms with E-state index in [1.165, 1.54) is 0 Å². The monoisotopic (exact) mass is 483 g/mol. The van der Waals surface area contributed by atoms with Gasteiger partial charge in [0.2, 0.25) is 0 Å². The van der Waals surface area contributed by atoms with Crippen molar-refractivity contribution in [1.29, 1.82) is 0 Å². The Morgan fingerprint density at radius 2 is 1.86 bits per heavy atom. The van der Waals surface area contributed by atoms with Gasteiger partial charge in [-0.25, -0.2) is 0 Å². The van der Waals surface area contributed by atoms with Crippen molar-refractivity contribution >= 4 is 23.0 Å². The molecule has 0 amide bonds. The topological polar surface area (TPSA) is 54.4 Å². The quantitative estimate of drug-likeness (QED) is 0.247. The number of rotatable bonds is 9. The maximum absolute atomic E-state index is 5.85. The van der Waals surface area contributed by atoms with Gasteiger partial charge in [0.25, 0.3) is 0 Å². The molecule has 7 heteroatoms. The number of thiocarbonyl (C=S) groups is 1. The Kier molecular flexibility index (Phi) is 6.95. The minimum absolute atomic E-state index is 0.00433. The summed E-state index contributed by atoms with van der Waals surface area (Å²) in [5.74, 6) is 0.826. The highest BCUT2D eigenvalue weighted by molar-refractivity contribution is 7.80. The molecule has 1 aliphatic heterocycles. The number of para-hydroxylation sites is 1. The van der Waals surface area contributed by atoms with Crippen LogP contribution in [0.25, 0.3) is 5.69 Å². The molecular formula is C28H29N5OS. The van der Waals surface area contributed by atoms with Crippen molar-refractivity contribution in [2.45, 2.75) is 18.5 Å². The van der Waals surface area contributed by atoms with Gasteiger partial charge in [0.15, 0.2) is 5.11 Å². The lowest BCUT2D eigenvalue weighted by Crippen LogP contribution is -2.32. The molecule has 2 aromatic heterocycles. The van der Waals surface area contributed by atoms with Gasteiger partial charge >= 0.3 is 0 Å². The smallest absolute Gasteiger partial charge is 0.170 e. The van der Waals surface area contributed by atoms with E-state index in [9.17, 15) is 0 Å². The highest BCUT2D eigenvalue weighted by Gasteiger charge is 2.40. The summed E-state index contributed by atoms with van der Waals surface area (Å²) in [6, 6.07) is 28.6. The molecule has 35 heavy (non-hydrogen) atoms. The fourth-order valence-electron chi connectivity index (χ4n) is 4.64. The predicted octanol–water partition coefficient (Wildman–Crippen LogP) is 5.36. The van der Waals surface area contributed by atoms with E-state index < -0.39 is 0 Å². The van der Waals surface area contributed by atoms with Crippen molar-refractivity contribution in [3.8, 4) is 11.4 Å². The van der Waals surface area contributed by atoms with Crippen LogP contribution in [0.2, 0.25) is 0 Å². The normalized spacial score (nSPS) is 17.3. The zero-order valence-electron chi connectivity index (χ0n) is 19.7. The largest absolute Gasteiger partial charge is 0.497 e. The number of ether oxygens (including phenoxy) is 1. The van der Waals surface area contributed by atoms with Crippen molar-refractivity contribution in [3.63, 3.8) is 0 Å². The van der Waals surface area contributed by atoms with E-state index in [1.807, 2.05) is 54.7 Å². The Bertz CT molecular complexity index is 1260. The summed E-state index contributed by atoms with van der Waals surface area (Å²) < 4.78 is 7.69.